The van der Waals surface area contributed by atoms with Gasteiger partial charge in [-0.15, -0.1) is 0 Å². The van der Waals surface area contributed by atoms with Crippen molar-refractivity contribution in [1.29, 1.82) is 0 Å². The van der Waals surface area contributed by atoms with Crippen LogP contribution in [-0.4, -0.2) is 13.7 Å². The van der Waals surface area contributed by atoms with Crippen molar-refractivity contribution in [3.8, 4) is 5.75 Å². The Morgan fingerprint density at radius 1 is 1.41 bits per heavy atom. The molecular weight excluding hydrogens is 210 g/mol. The molecule has 1 N–H and O–H groups in total. The van der Waals surface area contributed by atoms with Crippen LogP contribution in [0.4, 0.5) is 0 Å². The van der Waals surface area contributed by atoms with Gasteiger partial charge in [-0.05, 0) is 60.9 Å². The van der Waals surface area contributed by atoms with Crippen molar-refractivity contribution in [3.05, 3.63) is 29.3 Å². The monoisotopic (exact) mass is 231 g/mol. The van der Waals surface area contributed by atoms with Crippen LogP contribution < -0.4 is 10.1 Å². The lowest BCUT2D eigenvalue weighted by Crippen LogP contribution is -2.22. The molecule has 0 spiro atoms. The quantitative estimate of drug-likeness (QED) is 0.860. The van der Waals surface area contributed by atoms with E-state index < -0.39 is 0 Å². The topological polar surface area (TPSA) is 21.3 Å². The predicted molar refractivity (Wildman–Crippen MR) is 69.3 cm³/mol. The van der Waals surface area contributed by atoms with E-state index in [9.17, 15) is 0 Å². The Kier molecular flexibility index (Phi) is 2.83. The fraction of sp³-hybridized carbons (Fsp3) is 0.600. The molecule has 0 aliphatic heterocycles. The van der Waals surface area contributed by atoms with Crippen LogP contribution in [0, 0.1) is 11.8 Å². The number of ether oxygens (including phenoxy) is 1. The van der Waals surface area contributed by atoms with Gasteiger partial charge in [0, 0.05) is 6.04 Å². The highest BCUT2D eigenvalue weighted by Gasteiger charge is 2.33. The summed E-state index contributed by atoms with van der Waals surface area (Å²) in [6, 6.07) is 7.05. The van der Waals surface area contributed by atoms with Gasteiger partial charge in [0.2, 0.25) is 0 Å². The van der Waals surface area contributed by atoms with Crippen LogP contribution in [-0.2, 0) is 6.42 Å². The van der Waals surface area contributed by atoms with Crippen LogP contribution >= 0.6 is 0 Å². The van der Waals surface area contributed by atoms with E-state index in [1.807, 2.05) is 0 Å². The smallest absolute Gasteiger partial charge is 0.119 e. The zero-order valence-corrected chi connectivity index (χ0v) is 10.7. The van der Waals surface area contributed by atoms with E-state index in [4.69, 9.17) is 4.74 Å². The van der Waals surface area contributed by atoms with Gasteiger partial charge in [0.15, 0.2) is 0 Å². The Bertz CT molecular complexity index is 415. The van der Waals surface area contributed by atoms with Crippen LogP contribution in [0.5, 0.6) is 5.75 Å². The fourth-order valence-electron chi connectivity index (χ4n) is 2.90. The first-order valence-corrected chi connectivity index (χ1v) is 6.68. The number of rotatable bonds is 4. The van der Waals surface area contributed by atoms with Crippen LogP contribution in [0.15, 0.2) is 18.2 Å². The molecule has 0 radical (unpaired) electrons. The zero-order chi connectivity index (χ0) is 11.8. The van der Waals surface area contributed by atoms with Crippen molar-refractivity contribution < 1.29 is 4.74 Å². The number of hydrogen-bond acceptors (Lipinski definition) is 2. The third-order valence-electron chi connectivity index (χ3n) is 4.33. The third-order valence-corrected chi connectivity index (χ3v) is 4.33. The number of fused-ring (bicyclic) bond motifs is 1. The molecule has 0 bridgehead atoms. The summed E-state index contributed by atoms with van der Waals surface area (Å²) < 4.78 is 5.31. The molecule has 3 atom stereocenters. The van der Waals surface area contributed by atoms with Crippen LogP contribution in [0.25, 0.3) is 0 Å². The van der Waals surface area contributed by atoms with Crippen LogP contribution in [0.3, 0.4) is 0 Å². The Labute approximate surface area is 103 Å². The highest BCUT2D eigenvalue weighted by Crippen LogP contribution is 2.39. The predicted octanol–water partition coefficient (Wildman–Crippen LogP) is 2.93. The molecule has 0 aromatic heterocycles. The van der Waals surface area contributed by atoms with Crippen molar-refractivity contribution in [2.75, 3.05) is 13.7 Å². The molecular formula is C15H21NO. The van der Waals surface area contributed by atoms with Crippen molar-refractivity contribution in [3.63, 3.8) is 0 Å². The van der Waals surface area contributed by atoms with Gasteiger partial charge in [0.05, 0.1) is 7.11 Å². The summed E-state index contributed by atoms with van der Waals surface area (Å²) >= 11 is 0. The lowest BCUT2D eigenvalue weighted by atomic mass is 10.1. The molecule has 17 heavy (non-hydrogen) atoms. The largest absolute Gasteiger partial charge is 0.497 e. The van der Waals surface area contributed by atoms with Crippen LogP contribution in [0.2, 0.25) is 0 Å². The van der Waals surface area contributed by atoms with E-state index in [1.54, 1.807) is 7.11 Å². The molecule has 3 rings (SSSR count). The maximum Gasteiger partial charge on any atom is 0.119 e. The van der Waals surface area contributed by atoms with Crippen molar-refractivity contribution >= 4 is 0 Å². The van der Waals surface area contributed by atoms with Gasteiger partial charge in [-0.25, -0.2) is 0 Å². The van der Waals surface area contributed by atoms with Gasteiger partial charge in [-0.3, -0.25) is 0 Å². The highest BCUT2D eigenvalue weighted by molar-refractivity contribution is 5.40. The molecule has 2 aliphatic rings. The molecule has 0 saturated heterocycles. The van der Waals surface area contributed by atoms with E-state index in [0.29, 0.717) is 6.04 Å². The average molecular weight is 231 g/mol. The van der Waals surface area contributed by atoms with E-state index >= 15 is 0 Å². The van der Waals surface area contributed by atoms with E-state index in [-0.39, 0.29) is 0 Å². The summed E-state index contributed by atoms with van der Waals surface area (Å²) in [6.45, 7) is 3.53. The minimum Gasteiger partial charge on any atom is -0.497 e. The lowest BCUT2D eigenvalue weighted by molar-refractivity contribution is 0.413. The molecule has 2 nitrogen and oxygen atoms in total. The molecule has 3 unspecified atom stereocenters. The number of methoxy groups -OCH3 is 1. The van der Waals surface area contributed by atoms with Gasteiger partial charge >= 0.3 is 0 Å². The maximum absolute atomic E-state index is 5.31. The Morgan fingerprint density at radius 2 is 2.24 bits per heavy atom. The first-order valence-electron chi connectivity index (χ1n) is 6.68. The first-order chi connectivity index (χ1) is 8.28. The van der Waals surface area contributed by atoms with Crippen molar-refractivity contribution in [2.24, 2.45) is 11.8 Å². The van der Waals surface area contributed by atoms with Gasteiger partial charge < -0.3 is 10.1 Å². The van der Waals surface area contributed by atoms with Gasteiger partial charge in [-0.1, -0.05) is 13.0 Å². The van der Waals surface area contributed by atoms with Crippen LogP contribution in [0.1, 0.15) is 36.9 Å². The number of aryl methyl sites for hydroxylation is 1. The maximum atomic E-state index is 5.31. The SMILES string of the molecule is COc1ccc2c(c1)C(NCC1CC1C)CC2. The molecule has 1 saturated carbocycles. The molecule has 1 aromatic rings. The van der Waals surface area contributed by atoms with E-state index in [2.05, 4.69) is 30.4 Å². The summed E-state index contributed by atoms with van der Waals surface area (Å²) in [6.07, 6.45) is 3.85. The molecule has 0 heterocycles. The van der Waals surface area contributed by atoms with Gasteiger partial charge in [0.1, 0.15) is 5.75 Å². The minimum absolute atomic E-state index is 0.549. The van der Waals surface area contributed by atoms with E-state index in [1.165, 1.54) is 36.9 Å². The number of benzene rings is 1. The zero-order valence-electron chi connectivity index (χ0n) is 10.7. The highest BCUT2D eigenvalue weighted by atomic mass is 16.5. The Morgan fingerprint density at radius 3 is 2.94 bits per heavy atom. The Balaban J connectivity index is 1.68. The van der Waals surface area contributed by atoms with E-state index in [0.717, 1.165) is 17.6 Å². The standard InChI is InChI=1S/C15H21NO/c1-10-7-12(10)9-16-15-6-4-11-3-5-13(17-2)8-14(11)15/h3,5,8,10,12,15-16H,4,6-7,9H2,1-2H3. The first kappa shape index (κ1) is 11.1. The normalized spacial score (nSPS) is 30.1. The fourth-order valence-corrected chi connectivity index (χ4v) is 2.90. The number of hydrogen-bond donors (Lipinski definition) is 1. The van der Waals surface area contributed by atoms with Crippen molar-refractivity contribution in [1.82, 2.24) is 5.32 Å². The summed E-state index contributed by atoms with van der Waals surface area (Å²) in [5.41, 5.74) is 2.95. The second-order valence-electron chi connectivity index (χ2n) is 5.54. The van der Waals surface area contributed by atoms with Crippen molar-refractivity contribution in [2.45, 2.75) is 32.2 Å². The number of nitrogens with one attached hydrogen (secondary N) is 1. The summed E-state index contributed by atoms with van der Waals surface area (Å²) in [5.74, 6) is 2.84. The van der Waals surface area contributed by atoms with Gasteiger partial charge in [0.25, 0.3) is 0 Å². The summed E-state index contributed by atoms with van der Waals surface area (Å²) in [5, 5.41) is 3.73. The second kappa shape index (κ2) is 4.34. The molecule has 0 amide bonds. The lowest BCUT2D eigenvalue weighted by Gasteiger charge is -2.14. The molecule has 1 aromatic carbocycles. The van der Waals surface area contributed by atoms with Gasteiger partial charge in [-0.2, -0.15) is 0 Å². The summed E-state index contributed by atoms with van der Waals surface area (Å²) in [7, 11) is 1.74. The molecule has 92 valence electrons. The molecule has 2 heteroatoms. The minimum atomic E-state index is 0.549. The molecule has 2 aliphatic carbocycles. The second-order valence-corrected chi connectivity index (χ2v) is 5.54. The average Bonchev–Trinajstić information content (AvgIpc) is 2.91. The Hall–Kier alpha value is -1.02. The summed E-state index contributed by atoms with van der Waals surface area (Å²) in [4.78, 5) is 0. The molecule has 1 fully saturated rings. The third kappa shape index (κ3) is 2.19.